The lowest BCUT2D eigenvalue weighted by atomic mass is 9.95. The zero-order valence-electron chi connectivity index (χ0n) is 11.1. The molecule has 3 rings (SSSR count). The Hall–Kier alpha value is -1.35. The van der Waals surface area contributed by atoms with Crippen LogP contribution in [-0.2, 0) is 6.42 Å². The van der Waals surface area contributed by atoms with Crippen molar-refractivity contribution in [2.75, 3.05) is 0 Å². The van der Waals surface area contributed by atoms with Crippen LogP contribution in [0.25, 0.3) is 11.1 Å². The summed E-state index contributed by atoms with van der Waals surface area (Å²) in [5, 5.41) is 0. The largest absolute Gasteiger partial charge is 0.440 e. The summed E-state index contributed by atoms with van der Waals surface area (Å²) in [6, 6.07) is 4.21. The molecular formula is C15H20N2O. The van der Waals surface area contributed by atoms with Crippen LogP contribution in [0.15, 0.2) is 16.5 Å². The Bertz CT molecular complexity index is 579. The van der Waals surface area contributed by atoms with Crippen LogP contribution in [-0.4, -0.2) is 10.5 Å². The molecule has 96 valence electrons. The second kappa shape index (κ2) is 4.09. The smallest absolute Gasteiger partial charge is 0.197 e. The van der Waals surface area contributed by atoms with Crippen molar-refractivity contribution in [2.45, 2.75) is 51.5 Å². The van der Waals surface area contributed by atoms with Crippen LogP contribution in [0.3, 0.4) is 0 Å². The van der Waals surface area contributed by atoms with Gasteiger partial charge in [0.05, 0.1) is 0 Å². The first-order valence-electron chi connectivity index (χ1n) is 6.71. The Balaban J connectivity index is 1.96. The molecule has 1 aliphatic rings. The van der Waals surface area contributed by atoms with Gasteiger partial charge in [0.15, 0.2) is 11.5 Å². The lowest BCUT2D eigenvalue weighted by Crippen LogP contribution is -2.38. The molecule has 2 N–H and O–H groups in total. The van der Waals surface area contributed by atoms with Crippen LogP contribution in [0.2, 0.25) is 0 Å². The van der Waals surface area contributed by atoms with Gasteiger partial charge in [-0.3, -0.25) is 0 Å². The molecule has 18 heavy (non-hydrogen) atoms. The molecule has 0 bridgehead atoms. The Morgan fingerprint density at radius 2 is 2.00 bits per heavy atom. The number of aryl methyl sites for hydroxylation is 2. The SMILES string of the molecule is Cc1cc(C)c2oc(CC3(N)CCCC3)nc2c1. The highest BCUT2D eigenvalue weighted by molar-refractivity contribution is 5.77. The second-order valence-electron chi connectivity index (χ2n) is 5.78. The molecule has 0 atom stereocenters. The van der Waals surface area contributed by atoms with Gasteiger partial charge in [-0.2, -0.15) is 0 Å². The molecule has 1 aromatic heterocycles. The monoisotopic (exact) mass is 244 g/mol. The minimum absolute atomic E-state index is 0.0934. The van der Waals surface area contributed by atoms with E-state index < -0.39 is 0 Å². The van der Waals surface area contributed by atoms with Gasteiger partial charge in [-0.1, -0.05) is 18.9 Å². The van der Waals surface area contributed by atoms with E-state index in [2.05, 4.69) is 31.0 Å². The van der Waals surface area contributed by atoms with Crippen molar-refractivity contribution in [3.05, 3.63) is 29.2 Å². The average Bonchev–Trinajstić information content (AvgIpc) is 2.85. The van der Waals surface area contributed by atoms with Gasteiger partial charge in [0, 0.05) is 12.0 Å². The first kappa shape index (κ1) is 11.7. The predicted octanol–water partition coefficient (Wildman–Crippen LogP) is 3.26. The lowest BCUT2D eigenvalue weighted by molar-refractivity contribution is 0.385. The molecular weight excluding hydrogens is 224 g/mol. The Kier molecular flexibility index (Phi) is 2.67. The quantitative estimate of drug-likeness (QED) is 0.882. The van der Waals surface area contributed by atoms with E-state index in [1.54, 1.807) is 0 Å². The highest BCUT2D eigenvalue weighted by atomic mass is 16.3. The van der Waals surface area contributed by atoms with E-state index >= 15 is 0 Å². The number of hydrogen-bond donors (Lipinski definition) is 1. The van der Waals surface area contributed by atoms with Crippen LogP contribution in [0.5, 0.6) is 0 Å². The number of hydrogen-bond acceptors (Lipinski definition) is 3. The van der Waals surface area contributed by atoms with Gasteiger partial charge in [0.2, 0.25) is 0 Å². The molecule has 0 saturated heterocycles. The van der Waals surface area contributed by atoms with Gasteiger partial charge >= 0.3 is 0 Å². The summed E-state index contributed by atoms with van der Waals surface area (Å²) in [6.45, 7) is 4.15. The molecule has 1 saturated carbocycles. The number of aromatic nitrogens is 1. The third-order valence-corrected chi connectivity index (χ3v) is 3.97. The highest BCUT2D eigenvalue weighted by Crippen LogP contribution is 2.31. The maximum Gasteiger partial charge on any atom is 0.197 e. The Morgan fingerprint density at radius 1 is 1.28 bits per heavy atom. The Morgan fingerprint density at radius 3 is 2.72 bits per heavy atom. The second-order valence-corrected chi connectivity index (χ2v) is 5.78. The van der Waals surface area contributed by atoms with Crippen molar-refractivity contribution < 1.29 is 4.42 Å². The topological polar surface area (TPSA) is 52.0 Å². The summed E-state index contributed by atoms with van der Waals surface area (Å²) in [5.74, 6) is 0.795. The molecule has 0 radical (unpaired) electrons. The van der Waals surface area contributed by atoms with Crippen LogP contribution in [0, 0.1) is 13.8 Å². The average molecular weight is 244 g/mol. The molecule has 1 heterocycles. The Labute approximate surface area is 107 Å². The number of nitrogens with two attached hydrogens (primary N) is 1. The van der Waals surface area contributed by atoms with Crippen molar-refractivity contribution in [1.29, 1.82) is 0 Å². The van der Waals surface area contributed by atoms with Crippen LogP contribution in [0.1, 0.15) is 42.7 Å². The number of nitrogens with zero attached hydrogens (tertiary/aromatic N) is 1. The van der Waals surface area contributed by atoms with Crippen molar-refractivity contribution in [3.63, 3.8) is 0 Å². The molecule has 1 aliphatic carbocycles. The van der Waals surface area contributed by atoms with Crippen molar-refractivity contribution >= 4 is 11.1 Å². The number of benzene rings is 1. The predicted molar refractivity (Wildman–Crippen MR) is 72.6 cm³/mol. The minimum atomic E-state index is -0.0934. The van der Waals surface area contributed by atoms with Gasteiger partial charge in [-0.15, -0.1) is 0 Å². The molecule has 2 aromatic rings. The normalized spacial score (nSPS) is 18.6. The fourth-order valence-electron chi connectivity index (χ4n) is 3.06. The zero-order chi connectivity index (χ0) is 12.8. The molecule has 3 heteroatoms. The van der Waals surface area contributed by atoms with E-state index in [-0.39, 0.29) is 5.54 Å². The van der Waals surface area contributed by atoms with E-state index in [1.807, 2.05) is 0 Å². The molecule has 0 amide bonds. The van der Waals surface area contributed by atoms with Gasteiger partial charge in [-0.05, 0) is 43.9 Å². The van der Waals surface area contributed by atoms with Gasteiger partial charge in [-0.25, -0.2) is 4.98 Å². The summed E-state index contributed by atoms with van der Waals surface area (Å²) < 4.78 is 5.89. The molecule has 0 spiro atoms. The fourth-order valence-corrected chi connectivity index (χ4v) is 3.06. The summed E-state index contributed by atoms with van der Waals surface area (Å²) in [7, 11) is 0. The minimum Gasteiger partial charge on any atom is -0.440 e. The molecule has 0 aliphatic heterocycles. The van der Waals surface area contributed by atoms with E-state index in [1.165, 1.54) is 18.4 Å². The molecule has 1 aromatic carbocycles. The van der Waals surface area contributed by atoms with E-state index in [0.717, 1.165) is 41.8 Å². The molecule has 1 fully saturated rings. The van der Waals surface area contributed by atoms with Gasteiger partial charge in [0.25, 0.3) is 0 Å². The molecule has 0 unspecified atom stereocenters. The fraction of sp³-hybridized carbons (Fsp3) is 0.533. The molecule has 3 nitrogen and oxygen atoms in total. The van der Waals surface area contributed by atoms with Crippen LogP contribution >= 0.6 is 0 Å². The third kappa shape index (κ3) is 2.03. The van der Waals surface area contributed by atoms with Crippen molar-refractivity contribution in [3.8, 4) is 0 Å². The zero-order valence-corrected chi connectivity index (χ0v) is 11.1. The van der Waals surface area contributed by atoms with E-state index in [4.69, 9.17) is 10.2 Å². The number of oxazole rings is 1. The van der Waals surface area contributed by atoms with E-state index in [0.29, 0.717) is 0 Å². The number of fused-ring (bicyclic) bond motifs is 1. The van der Waals surface area contributed by atoms with Crippen molar-refractivity contribution in [1.82, 2.24) is 4.98 Å². The lowest BCUT2D eigenvalue weighted by Gasteiger charge is -2.20. The maximum absolute atomic E-state index is 6.38. The maximum atomic E-state index is 6.38. The standard InChI is InChI=1S/C15H20N2O/c1-10-7-11(2)14-12(8-10)17-13(18-14)9-15(16)5-3-4-6-15/h7-8H,3-6,9,16H2,1-2H3. The van der Waals surface area contributed by atoms with Crippen LogP contribution < -0.4 is 5.73 Å². The van der Waals surface area contributed by atoms with Crippen LogP contribution in [0.4, 0.5) is 0 Å². The summed E-state index contributed by atoms with van der Waals surface area (Å²) in [4.78, 5) is 4.60. The van der Waals surface area contributed by atoms with Crippen molar-refractivity contribution in [2.24, 2.45) is 5.73 Å². The van der Waals surface area contributed by atoms with E-state index in [9.17, 15) is 0 Å². The third-order valence-electron chi connectivity index (χ3n) is 3.97. The summed E-state index contributed by atoms with van der Waals surface area (Å²) >= 11 is 0. The van der Waals surface area contributed by atoms with Gasteiger partial charge < -0.3 is 10.2 Å². The highest BCUT2D eigenvalue weighted by Gasteiger charge is 2.31. The first-order chi connectivity index (χ1) is 8.56. The summed E-state index contributed by atoms with van der Waals surface area (Å²) in [5.41, 5.74) is 10.5. The summed E-state index contributed by atoms with van der Waals surface area (Å²) in [6.07, 6.45) is 5.40. The first-order valence-corrected chi connectivity index (χ1v) is 6.71. The van der Waals surface area contributed by atoms with Gasteiger partial charge in [0.1, 0.15) is 5.52 Å². The number of rotatable bonds is 2.